The van der Waals surface area contributed by atoms with Gasteiger partial charge in [0.25, 0.3) is 0 Å². The molecule has 100 valence electrons. The fraction of sp³-hybridized carbons (Fsp3) is 0.214. The third-order valence-corrected chi connectivity index (χ3v) is 3.29. The van der Waals surface area contributed by atoms with Gasteiger partial charge in [-0.1, -0.05) is 41.4 Å². The highest BCUT2D eigenvalue weighted by molar-refractivity contribution is 9.10. The molecule has 0 atom stereocenters. The zero-order valence-electron chi connectivity index (χ0n) is 10.7. The fourth-order valence-corrected chi connectivity index (χ4v) is 2.31. The van der Waals surface area contributed by atoms with E-state index >= 15 is 0 Å². The predicted octanol–water partition coefficient (Wildman–Crippen LogP) is 5.00. The Morgan fingerprint density at radius 3 is 2.63 bits per heavy atom. The summed E-state index contributed by atoms with van der Waals surface area (Å²) in [4.78, 5) is 4.10. The van der Waals surface area contributed by atoms with Gasteiger partial charge in [-0.15, -0.1) is 0 Å². The van der Waals surface area contributed by atoms with Crippen LogP contribution in [0, 0.1) is 0 Å². The van der Waals surface area contributed by atoms with Crippen molar-refractivity contribution < 1.29 is 4.74 Å². The summed E-state index contributed by atoms with van der Waals surface area (Å²) in [6.07, 6.45) is 0. The van der Waals surface area contributed by atoms with E-state index in [0.717, 1.165) is 15.8 Å². The largest absolute Gasteiger partial charge is 0.439 e. The molecular formula is C14H14BrClN2O. The minimum Gasteiger partial charge on any atom is -0.439 e. The van der Waals surface area contributed by atoms with Crippen molar-refractivity contribution in [1.82, 2.24) is 4.98 Å². The smallest absolute Gasteiger partial charge is 0.222 e. The van der Waals surface area contributed by atoms with E-state index in [0.29, 0.717) is 22.6 Å². The number of hydrogen-bond acceptors (Lipinski definition) is 3. The van der Waals surface area contributed by atoms with E-state index in [-0.39, 0.29) is 0 Å². The first kappa shape index (κ1) is 14.2. The van der Waals surface area contributed by atoms with Crippen molar-refractivity contribution in [2.45, 2.75) is 19.8 Å². The first-order valence-electron chi connectivity index (χ1n) is 5.86. The Morgan fingerprint density at radius 1 is 1.26 bits per heavy atom. The second-order valence-electron chi connectivity index (χ2n) is 4.50. The molecule has 0 spiro atoms. The lowest BCUT2D eigenvalue weighted by molar-refractivity contribution is 0.455. The molecule has 5 heteroatoms. The Labute approximate surface area is 125 Å². The molecular weight excluding hydrogens is 328 g/mol. The second kappa shape index (κ2) is 5.80. The van der Waals surface area contributed by atoms with Crippen LogP contribution in [0.15, 0.2) is 34.8 Å². The van der Waals surface area contributed by atoms with Crippen LogP contribution >= 0.6 is 27.5 Å². The van der Waals surface area contributed by atoms with Gasteiger partial charge in [-0.2, -0.15) is 0 Å². The van der Waals surface area contributed by atoms with Crippen LogP contribution in [0.5, 0.6) is 11.6 Å². The van der Waals surface area contributed by atoms with Gasteiger partial charge in [0.15, 0.2) is 0 Å². The highest BCUT2D eigenvalue weighted by Crippen LogP contribution is 2.33. The Kier molecular flexibility index (Phi) is 4.32. The van der Waals surface area contributed by atoms with Crippen molar-refractivity contribution in [2.24, 2.45) is 0 Å². The maximum Gasteiger partial charge on any atom is 0.222 e. The number of nitrogens with two attached hydrogens (primary N) is 1. The molecule has 0 amide bonds. The van der Waals surface area contributed by atoms with Crippen LogP contribution in [0.25, 0.3) is 0 Å². The van der Waals surface area contributed by atoms with Crippen LogP contribution in [0.4, 0.5) is 5.69 Å². The average molecular weight is 342 g/mol. The number of benzene rings is 1. The van der Waals surface area contributed by atoms with E-state index in [2.05, 4.69) is 34.8 Å². The number of pyridine rings is 1. The highest BCUT2D eigenvalue weighted by atomic mass is 79.9. The molecule has 1 aromatic carbocycles. The van der Waals surface area contributed by atoms with E-state index in [9.17, 15) is 0 Å². The fourth-order valence-electron chi connectivity index (χ4n) is 1.72. The SMILES string of the molecule is CC(C)c1cc(Br)ccc1Oc1cc(N)cc(Cl)n1. The van der Waals surface area contributed by atoms with Gasteiger partial charge < -0.3 is 10.5 Å². The number of anilines is 1. The second-order valence-corrected chi connectivity index (χ2v) is 5.80. The average Bonchev–Trinajstić information content (AvgIpc) is 2.30. The van der Waals surface area contributed by atoms with Gasteiger partial charge in [0.05, 0.1) is 0 Å². The summed E-state index contributed by atoms with van der Waals surface area (Å²) in [5.74, 6) is 1.49. The number of hydrogen-bond donors (Lipinski definition) is 1. The minimum atomic E-state index is 0.318. The van der Waals surface area contributed by atoms with E-state index in [1.165, 1.54) is 0 Å². The van der Waals surface area contributed by atoms with Gasteiger partial charge in [0.1, 0.15) is 10.9 Å². The zero-order chi connectivity index (χ0) is 14.0. The number of rotatable bonds is 3. The maximum absolute atomic E-state index is 5.87. The molecule has 0 saturated heterocycles. The summed E-state index contributed by atoms with van der Waals surface area (Å²) in [5, 5.41) is 0.318. The summed E-state index contributed by atoms with van der Waals surface area (Å²) in [7, 11) is 0. The number of nitrogen functional groups attached to an aromatic ring is 1. The van der Waals surface area contributed by atoms with Gasteiger partial charge >= 0.3 is 0 Å². The number of ether oxygens (including phenoxy) is 1. The zero-order valence-corrected chi connectivity index (χ0v) is 13.0. The molecule has 2 rings (SSSR count). The lowest BCUT2D eigenvalue weighted by Gasteiger charge is -2.14. The number of nitrogens with zero attached hydrogens (tertiary/aromatic N) is 1. The number of aromatic nitrogens is 1. The van der Waals surface area contributed by atoms with Gasteiger partial charge in [-0.05, 0) is 35.7 Å². The van der Waals surface area contributed by atoms with E-state index < -0.39 is 0 Å². The molecule has 1 heterocycles. The van der Waals surface area contributed by atoms with E-state index in [1.54, 1.807) is 12.1 Å². The van der Waals surface area contributed by atoms with Crippen molar-refractivity contribution in [3.05, 3.63) is 45.5 Å². The van der Waals surface area contributed by atoms with Gasteiger partial charge in [-0.25, -0.2) is 4.98 Å². The molecule has 0 unspecified atom stereocenters. The van der Waals surface area contributed by atoms with Crippen LogP contribution in [0.2, 0.25) is 5.15 Å². The minimum absolute atomic E-state index is 0.318. The lowest BCUT2D eigenvalue weighted by Crippen LogP contribution is -1.96. The third kappa shape index (κ3) is 3.61. The monoisotopic (exact) mass is 340 g/mol. The van der Waals surface area contributed by atoms with Crippen molar-refractivity contribution >= 4 is 33.2 Å². The number of halogens is 2. The highest BCUT2D eigenvalue weighted by Gasteiger charge is 2.11. The van der Waals surface area contributed by atoms with Crippen LogP contribution in [0.1, 0.15) is 25.3 Å². The molecule has 2 aromatic rings. The molecule has 0 saturated carbocycles. The summed E-state index contributed by atoms with van der Waals surface area (Å²) < 4.78 is 6.81. The molecule has 19 heavy (non-hydrogen) atoms. The quantitative estimate of drug-likeness (QED) is 0.800. The normalized spacial score (nSPS) is 10.8. The van der Waals surface area contributed by atoms with Gasteiger partial charge in [-0.3, -0.25) is 0 Å². The first-order chi connectivity index (χ1) is 8.95. The topological polar surface area (TPSA) is 48.1 Å². The Hall–Kier alpha value is -1.26. The molecule has 0 fully saturated rings. The van der Waals surface area contributed by atoms with E-state index in [1.807, 2.05) is 18.2 Å². The predicted molar refractivity (Wildman–Crippen MR) is 82.0 cm³/mol. The molecule has 0 bridgehead atoms. The Balaban J connectivity index is 2.37. The molecule has 0 aliphatic heterocycles. The van der Waals surface area contributed by atoms with Crippen LogP contribution in [-0.2, 0) is 0 Å². The van der Waals surface area contributed by atoms with Crippen LogP contribution in [-0.4, -0.2) is 4.98 Å². The Bertz CT molecular complexity index is 582. The van der Waals surface area contributed by atoms with Crippen molar-refractivity contribution in [3.63, 3.8) is 0 Å². The summed E-state index contributed by atoms with van der Waals surface area (Å²) >= 11 is 9.33. The first-order valence-corrected chi connectivity index (χ1v) is 7.03. The standard InChI is InChI=1S/C14H14BrClN2O/c1-8(2)11-5-9(15)3-4-12(11)19-14-7-10(17)6-13(16)18-14/h3-8H,1-2H3,(H2,17,18). The van der Waals surface area contributed by atoms with Crippen LogP contribution in [0.3, 0.4) is 0 Å². The molecule has 0 aliphatic rings. The van der Waals surface area contributed by atoms with Crippen molar-refractivity contribution in [1.29, 1.82) is 0 Å². The molecule has 0 radical (unpaired) electrons. The lowest BCUT2D eigenvalue weighted by atomic mass is 10.0. The third-order valence-electron chi connectivity index (χ3n) is 2.60. The molecule has 0 aliphatic carbocycles. The van der Waals surface area contributed by atoms with Crippen molar-refractivity contribution in [2.75, 3.05) is 5.73 Å². The summed E-state index contributed by atoms with van der Waals surface area (Å²) in [6.45, 7) is 4.21. The van der Waals surface area contributed by atoms with E-state index in [4.69, 9.17) is 22.1 Å². The maximum atomic E-state index is 5.87. The molecule has 3 nitrogen and oxygen atoms in total. The summed E-state index contributed by atoms with van der Waals surface area (Å²) in [5.41, 5.74) is 7.34. The molecule has 1 aromatic heterocycles. The van der Waals surface area contributed by atoms with Crippen LogP contribution < -0.4 is 10.5 Å². The van der Waals surface area contributed by atoms with Gasteiger partial charge in [0.2, 0.25) is 5.88 Å². The summed E-state index contributed by atoms with van der Waals surface area (Å²) in [6, 6.07) is 9.10. The van der Waals surface area contributed by atoms with Gasteiger partial charge in [0, 0.05) is 16.2 Å². The Morgan fingerprint density at radius 2 is 2.00 bits per heavy atom. The van der Waals surface area contributed by atoms with Crippen molar-refractivity contribution in [3.8, 4) is 11.6 Å². The molecule has 2 N–H and O–H groups in total.